The van der Waals surface area contributed by atoms with Gasteiger partial charge in [-0.2, -0.15) is 15.3 Å². The largest absolute Gasteiger partial charge is 0.389 e. The van der Waals surface area contributed by atoms with Gasteiger partial charge in [-0.05, 0) is 102 Å². The third kappa shape index (κ3) is 15.8. The Hall–Kier alpha value is -9.79. The number of aliphatic hydroxyl groups is 1. The fourth-order valence-corrected chi connectivity index (χ4v) is 13.6. The van der Waals surface area contributed by atoms with Gasteiger partial charge in [0.05, 0.1) is 64.7 Å². The number of likely N-dealkylation sites (N-methyl/N-ethyl adjacent to an activating group) is 2. The van der Waals surface area contributed by atoms with Crippen LogP contribution in [0.4, 0.5) is 38.5 Å². The van der Waals surface area contributed by atoms with Gasteiger partial charge in [0.2, 0.25) is 17.7 Å². The van der Waals surface area contributed by atoms with Gasteiger partial charge in [0.25, 0.3) is 17.7 Å². The fraction of sp³-hybridized carbons (Fsp3) is 0.323. The zero-order chi connectivity index (χ0) is 65.2. The molecule has 6 amide bonds. The van der Waals surface area contributed by atoms with Gasteiger partial charge in [-0.3, -0.25) is 44.1 Å². The van der Waals surface area contributed by atoms with Crippen LogP contribution in [0.5, 0.6) is 0 Å². The molecule has 3 aliphatic heterocycles. The summed E-state index contributed by atoms with van der Waals surface area (Å²) >= 11 is 4.09. The number of carbonyl (C=O) groups excluding carboxylic acids is 6. The molecule has 3 saturated heterocycles. The lowest BCUT2D eigenvalue weighted by Gasteiger charge is -2.41. The number of rotatable bonds is 18. The number of thiazole rings is 3. The molecule has 12 rings (SSSR count). The van der Waals surface area contributed by atoms with Crippen LogP contribution >= 0.6 is 34.0 Å². The number of carbonyl (C=O) groups is 6. The lowest BCUT2D eigenvalue weighted by Crippen LogP contribution is -2.59. The van der Waals surface area contributed by atoms with Crippen molar-refractivity contribution in [3.05, 3.63) is 142 Å². The molecule has 9 heterocycles. The Labute approximate surface area is 546 Å². The van der Waals surface area contributed by atoms with Gasteiger partial charge >= 0.3 is 0 Å². The number of anilines is 6. The minimum atomic E-state index is -1.06. The quantitative estimate of drug-likeness (QED) is 0.0423. The zero-order valence-corrected chi connectivity index (χ0v) is 52.9. The summed E-state index contributed by atoms with van der Waals surface area (Å²) < 4.78 is 14.0. The summed E-state index contributed by atoms with van der Waals surface area (Å²) in [7, 11) is 3.49. The van der Waals surface area contributed by atoms with Crippen LogP contribution < -0.4 is 58.5 Å². The van der Waals surface area contributed by atoms with E-state index in [4.69, 9.17) is 17.2 Å². The maximum atomic E-state index is 14.0. The Bertz CT molecular complexity index is 3950. The van der Waals surface area contributed by atoms with E-state index in [2.05, 4.69) is 81.9 Å². The van der Waals surface area contributed by atoms with Crippen molar-refractivity contribution in [1.29, 1.82) is 0 Å². The number of para-hydroxylation sites is 3. The summed E-state index contributed by atoms with van der Waals surface area (Å²) in [6, 6.07) is 17.6. The second-order valence-corrected chi connectivity index (χ2v) is 24.9. The molecule has 0 aliphatic carbocycles. The smallest absolute Gasteiger partial charge is 0.275 e. The second-order valence-electron chi connectivity index (χ2n) is 22.3. The fourth-order valence-electron chi connectivity index (χ4n) is 11.3. The molecular formula is C62H73FN20O7S3. The number of nitrogens with zero attached hydrogens (tertiary/aromatic N) is 9. The predicted molar refractivity (Wildman–Crippen MR) is 359 cm³/mol. The molecule has 3 fully saturated rings. The van der Waals surface area contributed by atoms with Crippen LogP contribution in [-0.2, 0) is 14.4 Å². The first-order valence-electron chi connectivity index (χ1n) is 29.3. The van der Waals surface area contributed by atoms with Crippen molar-refractivity contribution in [3.8, 4) is 31.7 Å². The Morgan fingerprint density at radius 1 is 0.559 bits per heavy atom. The summed E-state index contributed by atoms with van der Waals surface area (Å²) in [5.41, 5.74) is 22.6. The van der Waals surface area contributed by atoms with Crippen molar-refractivity contribution in [3.63, 3.8) is 0 Å². The molecule has 15 N–H and O–H groups in total. The van der Waals surface area contributed by atoms with Crippen molar-refractivity contribution in [1.82, 2.24) is 56.2 Å². The van der Waals surface area contributed by atoms with Crippen molar-refractivity contribution >= 4 is 104 Å². The average Bonchev–Trinajstić information content (AvgIpc) is 1.85. The summed E-state index contributed by atoms with van der Waals surface area (Å²) in [4.78, 5) is 92.9. The average molecular weight is 1330 g/mol. The molecular weight excluding hydrogens is 1250 g/mol. The third-order valence-electron chi connectivity index (χ3n) is 16.6. The number of aromatic nitrogens is 9. The molecule has 9 aromatic rings. The van der Waals surface area contributed by atoms with E-state index in [0.717, 1.165) is 44.3 Å². The highest BCUT2D eigenvalue weighted by molar-refractivity contribution is 7.14. The SMILES string of the molecule is C.CNC1(C(N)=O)CCN(c2c(C)cccc2NC(=O)c2csc(-c3cn[nH]c3)n2)CC1.CNC1(C(N)=O)CCN(c2ccc(F)cc2NC(=O)c2csc(-c3cn[nH]c3)n2)CC1.NC(=O)CC1(O)CCN(c2ccccc2NC(=O)c2csc(-c3cn[nH]c3)n2)CC1. The minimum absolute atomic E-state index is 0. The van der Waals surface area contributed by atoms with E-state index in [1.165, 1.54) is 46.1 Å². The molecule has 488 valence electrons. The van der Waals surface area contributed by atoms with Crippen LogP contribution in [0.2, 0.25) is 0 Å². The third-order valence-corrected chi connectivity index (χ3v) is 19.3. The number of aryl methyl sites for hydroxylation is 1. The number of piperidine rings is 3. The summed E-state index contributed by atoms with van der Waals surface area (Å²) in [5.74, 6) is -2.68. The summed E-state index contributed by atoms with van der Waals surface area (Å²) in [5, 5.41) is 52.5. The molecule has 0 atom stereocenters. The van der Waals surface area contributed by atoms with Gasteiger partial charge in [0.1, 0.15) is 49.0 Å². The van der Waals surface area contributed by atoms with E-state index >= 15 is 0 Å². The second kappa shape index (κ2) is 29.7. The van der Waals surface area contributed by atoms with Crippen molar-refractivity contribution in [2.45, 2.75) is 76.0 Å². The highest BCUT2D eigenvalue weighted by Gasteiger charge is 2.41. The molecule has 0 unspecified atom stereocenters. The maximum absolute atomic E-state index is 14.0. The number of benzene rings is 3. The zero-order valence-electron chi connectivity index (χ0n) is 50.4. The summed E-state index contributed by atoms with van der Waals surface area (Å²) in [6.07, 6.45) is 13.1. The number of H-pyrrole nitrogens is 3. The number of hydrogen-bond acceptors (Lipinski definition) is 21. The number of hydrogen-bond donors (Lipinski definition) is 12. The lowest BCUT2D eigenvalue weighted by molar-refractivity contribution is -0.125. The minimum Gasteiger partial charge on any atom is -0.389 e. The van der Waals surface area contributed by atoms with Gasteiger partial charge in [0, 0.05) is 90.7 Å². The predicted octanol–water partition coefficient (Wildman–Crippen LogP) is 6.73. The van der Waals surface area contributed by atoms with Crippen molar-refractivity contribution in [2.75, 3.05) is 84.0 Å². The van der Waals surface area contributed by atoms with Crippen LogP contribution in [0, 0.1) is 12.7 Å². The van der Waals surface area contributed by atoms with Gasteiger partial charge < -0.3 is 63.6 Å². The first-order valence-corrected chi connectivity index (χ1v) is 31.9. The van der Waals surface area contributed by atoms with Gasteiger partial charge in [-0.1, -0.05) is 31.7 Å². The van der Waals surface area contributed by atoms with E-state index in [1.54, 1.807) is 73.5 Å². The monoisotopic (exact) mass is 1320 g/mol. The van der Waals surface area contributed by atoms with Crippen molar-refractivity contribution in [2.24, 2.45) is 17.2 Å². The Morgan fingerprint density at radius 3 is 1.40 bits per heavy atom. The number of nitrogens with one attached hydrogen (secondary N) is 8. The van der Waals surface area contributed by atoms with E-state index in [1.807, 2.05) is 54.3 Å². The van der Waals surface area contributed by atoms with E-state index in [-0.39, 0.29) is 43.2 Å². The van der Waals surface area contributed by atoms with E-state index in [9.17, 15) is 38.3 Å². The molecule has 31 heteroatoms. The molecule has 93 heavy (non-hydrogen) atoms. The van der Waals surface area contributed by atoms with Crippen LogP contribution in [-0.4, -0.2) is 156 Å². The molecule has 27 nitrogen and oxygen atoms in total. The maximum Gasteiger partial charge on any atom is 0.275 e. The first kappa shape index (κ1) is 67.6. The first-order chi connectivity index (χ1) is 44.3. The number of nitrogens with two attached hydrogens (primary N) is 3. The van der Waals surface area contributed by atoms with Crippen LogP contribution in [0.3, 0.4) is 0 Å². The highest BCUT2D eigenvalue weighted by atomic mass is 32.1. The Balaban J connectivity index is 0.000000164. The molecule has 0 radical (unpaired) electrons. The van der Waals surface area contributed by atoms with Crippen LogP contribution in [0.25, 0.3) is 31.7 Å². The van der Waals surface area contributed by atoms with Crippen molar-refractivity contribution < 1.29 is 38.3 Å². The molecule has 0 bridgehead atoms. The number of amides is 6. The van der Waals surface area contributed by atoms with Gasteiger partial charge in [-0.25, -0.2) is 19.3 Å². The highest BCUT2D eigenvalue weighted by Crippen LogP contribution is 2.38. The standard InChI is InChI=1S/C21H25N7O2S.C20H22FN7O2S.C20H22N6O3S.CH4/c1-13-4-3-5-15(17(13)28-8-6-21(23-2,7-9-28)20(22)30)26-18(29)16-12-31-19(27-16)14-10-24-25-11-14;1-23-20(19(22)30)4-6-28(7-5-20)16-3-2-13(21)8-14(16)26-17(29)15-11-31-18(27-15)12-9-24-25-10-12;21-17(27)9-20(29)5-7-26(8-6-20)16-4-2-1-3-14(16)24-18(28)15-12-30-19(25-15)13-10-22-23-11-13;/h3-5,10-12,23H,6-9H2,1-2H3,(H2,22,30)(H,24,25)(H,26,29);2-3,8-11,23H,4-7H2,1H3,(H2,22,30)(H,24,25)(H,26,29);1-4,10-12,29H,5-9H2,(H2,21,27)(H,22,23)(H,24,28);1H4. The molecule has 6 aromatic heterocycles. The van der Waals surface area contributed by atoms with E-state index in [0.29, 0.717) is 116 Å². The lowest BCUT2D eigenvalue weighted by atomic mass is 9.86. The van der Waals surface area contributed by atoms with Crippen LogP contribution in [0.15, 0.2) is 114 Å². The van der Waals surface area contributed by atoms with Gasteiger partial charge in [-0.15, -0.1) is 34.0 Å². The number of aromatic amines is 3. The normalized spacial score (nSPS) is 15.5. The summed E-state index contributed by atoms with van der Waals surface area (Å²) in [6.45, 7) is 5.48. The van der Waals surface area contributed by atoms with Gasteiger partial charge in [0.15, 0.2) is 0 Å². The number of halogens is 1. The Morgan fingerprint density at radius 2 is 0.968 bits per heavy atom. The molecule has 3 aromatic carbocycles. The number of primary amides is 3. The molecule has 3 aliphatic rings. The van der Waals surface area contributed by atoms with E-state index < -0.39 is 34.3 Å². The Kier molecular flexibility index (Phi) is 21.6. The van der Waals surface area contributed by atoms with Crippen LogP contribution in [0.1, 0.15) is 89.4 Å². The molecule has 0 spiro atoms. The molecule has 0 saturated carbocycles. The topological polar surface area (TPSA) is 395 Å².